The van der Waals surface area contributed by atoms with Crippen LogP contribution in [0.5, 0.6) is 0 Å². The summed E-state index contributed by atoms with van der Waals surface area (Å²) in [4.78, 5) is 12.4. The number of nitrogens with zero attached hydrogens (tertiary/aromatic N) is 3. The van der Waals surface area contributed by atoms with Crippen LogP contribution in [0.3, 0.4) is 0 Å². The van der Waals surface area contributed by atoms with Crippen molar-refractivity contribution in [3.8, 4) is 0 Å². The van der Waals surface area contributed by atoms with Crippen LogP contribution in [0, 0.1) is 5.92 Å². The lowest BCUT2D eigenvalue weighted by atomic mass is 10.2. The minimum Gasteiger partial charge on any atom is -0.368 e. The molecule has 0 aromatic carbocycles. The van der Waals surface area contributed by atoms with Crippen LogP contribution in [0.15, 0.2) is 27.3 Å². The Balaban J connectivity index is 1.76. The van der Waals surface area contributed by atoms with Crippen molar-refractivity contribution < 1.29 is 0 Å². The number of anilines is 2. The Bertz CT molecular complexity index is 519. The van der Waals surface area contributed by atoms with E-state index in [9.17, 15) is 0 Å². The Hall–Kier alpha value is -1.43. The minimum atomic E-state index is 0.251. The van der Waals surface area contributed by atoms with Crippen molar-refractivity contribution in [2.24, 2.45) is 10.9 Å². The maximum absolute atomic E-state index is 5.55. The first kappa shape index (κ1) is 10.7. The lowest BCUT2D eigenvalue weighted by Gasteiger charge is -2.05. The summed E-state index contributed by atoms with van der Waals surface area (Å²) in [6.45, 7) is 0.811. The highest BCUT2D eigenvalue weighted by atomic mass is 79.9. The van der Waals surface area contributed by atoms with Gasteiger partial charge in [0.15, 0.2) is 5.82 Å². The van der Waals surface area contributed by atoms with Crippen LogP contribution in [0.1, 0.15) is 12.8 Å². The fourth-order valence-electron chi connectivity index (χ4n) is 1.81. The zero-order chi connectivity index (χ0) is 11.8. The van der Waals surface area contributed by atoms with Gasteiger partial charge in [-0.15, -0.1) is 0 Å². The molecule has 5 nitrogen and oxygen atoms in total. The number of aromatic nitrogens is 2. The Morgan fingerprint density at radius 3 is 3.00 bits per heavy atom. The summed E-state index contributed by atoms with van der Waals surface area (Å²) in [5.74, 6) is 2.52. The van der Waals surface area contributed by atoms with Gasteiger partial charge in [-0.3, -0.25) is 4.99 Å². The zero-order valence-corrected chi connectivity index (χ0v) is 10.7. The molecular weight excluding hydrogens is 282 g/mol. The third-order valence-electron chi connectivity index (χ3n) is 2.87. The van der Waals surface area contributed by atoms with E-state index in [-0.39, 0.29) is 5.95 Å². The van der Waals surface area contributed by atoms with Gasteiger partial charge in [-0.05, 0) is 46.3 Å². The maximum atomic E-state index is 5.55. The van der Waals surface area contributed by atoms with E-state index in [1.807, 2.05) is 0 Å². The van der Waals surface area contributed by atoms with Crippen molar-refractivity contribution in [2.45, 2.75) is 12.8 Å². The molecule has 3 N–H and O–H groups in total. The summed E-state index contributed by atoms with van der Waals surface area (Å²) in [5.41, 5.74) is 6.97. The van der Waals surface area contributed by atoms with Crippen molar-refractivity contribution in [3.05, 3.63) is 22.3 Å². The Morgan fingerprint density at radius 1 is 1.41 bits per heavy atom. The highest BCUT2D eigenvalue weighted by molar-refractivity contribution is 9.10. The molecule has 0 radical (unpaired) electrons. The van der Waals surface area contributed by atoms with Gasteiger partial charge >= 0.3 is 0 Å². The van der Waals surface area contributed by atoms with E-state index >= 15 is 0 Å². The number of halogens is 1. The zero-order valence-electron chi connectivity index (χ0n) is 9.15. The lowest BCUT2D eigenvalue weighted by molar-refractivity contribution is 0.959. The Kier molecular flexibility index (Phi) is 2.58. The summed E-state index contributed by atoms with van der Waals surface area (Å²) in [6.07, 6.45) is 6.35. The number of hydrogen-bond donors (Lipinski definition) is 2. The molecule has 2 heterocycles. The third kappa shape index (κ3) is 2.31. The normalized spacial score (nSPS) is 18.9. The summed E-state index contributed by atoms with van der Waals surface area (Å²) < 4.78 is 0.780. The molecule has 3 rings (SSSR count). The predicted octanol–water partition coefficient (Wildman–Crippen LogP) is 1.98. The fourth-order valence-corrected chi connectivity index (χ4v) is 2.10. The summed E-state index contributed by atoms with van der Waals surface area (Å²) in [7, 11) is 0. The molecule has 0 saturated heterocycles. The molecule has 1 aliphatic carbocycles. The first-order chi connectivity index (χ1) is 8.22. The van der Waals surface area contributed by atoms with Crippen LogP contribution in [-0.4, -0.2) is 22.3 Å². The highest BCUT2D eigenvalue weighted by Gasteiger charge is 2.27. The lowest BCUT2D eigenvalue weighted by Crippen LogP contribution is -2.10. The Morgan fingerprint density at radius 2 is 2.24 bits per heavy atom. The maximum Gasteiger partial charge on any atom is 0.222 e. The van der Waals surface area contributed by atoms with Gasteiger partial charge in [0.05, 0.1) is 11.0 Å². The number of aliphatic imine (C=N–C) groups is 1. The van der Waals surface area contributed by atoms with E-state index in [0.29, 0.717) is 5.82 Å². The summed E-state index contributed by atoms with van der Waals surface area (Å²) in [6, 6.07) is 0. The standard InChI is InChI=1S/C11H12BrN5/c12-8-5-15-11(13)17-10(8)16-9-3-7(4-14-9)6-1-2-6/h3,5-6H,1-2,4H2,(H3,13,14,15,16,17). The van der Waals surface area contributed by atoms with Gasteiger partial charge in [0.1, 0.15) is 5.84 Å². The molecule has 1 aliphatic heterocycles. The first-order valence-corrected chi connectivity index (χ1v) is 6.31. The van der Waals surface area contributed by atoms with Crippen LogP contribution in [0.2, 0.25) is 0 Å². The molecule has 1 fully saturated rings. The summed E-state index contributed by atoms with van der Waals surface area (Å²) in [5, 5.41) is 3.16. The number of nitrogens with two attached hydrogens (primary N) is 1. The van der Waals surface area contributed by atoms with Crippen molar-refractivity contribution in [1.29, 1.82) is 0 Å². The molecule has 17 heavy (non-hydrogen) atoms. The van der Waals surface area contributed by atoms with Gasteiger partial charge in [0.25, 0.3) is 0 Å². The monoisotopic (exact) mass is 293 g/mol. The molecule has 88 valence electrons. The van der Waals surface area contributed by atoms with E-state index in [2.05, 4.69) is 42.3 Å². The summed E-state index contributed by atoms with van der Waals surface area (Å²) >= 11 is 3.38. The quantitative estimate of drug-likeness (QED) is 0.874. The van der Waals surface area contributed by atoms with Crippen molar-refractivity contribution in [1.82, 2.24) is 9.97 Å². The number of hydrogen-bond acceptors (Lipinski definition) is 5. The van der Waals surface area contributed by atoms with Gasteiger partial charge in [-0.2, -0.15) is 4.98 Å². The third-order valence-corrected chi connectivity index (χ3v) is 3.45. The molecule has 2 aliphatic rings. The van der Waals surface area contributed by atoms with E-state index in [4.69, 9.17) is 5.73 Å². The van der Waals surface area contributed by atoms with Crippen LogP contribution in [-0.2, 0) is 0 Å². The molecular formula is C11H12BrN5. The van der Waals surface area contributed by atoms with E-state index in [0.717, 1.165) is 22.8 Å². The average Bonchev–Trinajstić information content (AvgIpc) is 3.05. The largest absolute Gasteiger partial charge is 0.368 e. The van der Waals surface area contributed by atoms with Gasteiger partial charge in [0.2, 0.25) is 5.95 Å². The SMILES string of the molecule is Nc1ncc(Br)c(NC2=NCC(C3CC3)=C2)n1. The van der Waals surface area contributed by atoms with Gasteiger partial charge < -0.3 is 11.1 Å². The molecule has 0 unspecified atom stereocenters. The van der Waals surface area contributed by atoms with Gasteiger partial charge in [-0.1, -0.05) is 0 Å². The topological polar surface area (TPSA) is 76.2 Å². The highest BCUT2D eigenvalue weighted by Crippen LogP contribution is 2.37. The molecule has 0 bridgehead atoms. The van der Waals surface area contributed by atoms with Gasteiger partial charge in [-0.25, -0.2) is 4.98 Å². The number of nitrogens with one attached hydrogen (secondary N) is 1. The second-order valence-corrected chi connectivity index (χ2v) is 5.10. The molecule has 0 amide bonds. The van der Waals surface area contributed by atoms with Gasteiger partial charge in [0, 0.05) is 6.20 Å². The fraction of sp³-hybridized carbons (Fsp3) is 0.364. The molecule has 1 aromatic heterocycles. The molecule has 0 atom stereocenters. The van der Waals surface area contributed by atoms with E-state index in [1.54, 1.807) is 6.20 Å². The molecule has 0 spiro atoms. The molecule has 1 saturated carbocycles. The van der Waals surface area contributed by atoms with E-state index in [1.165, 1.54) is 18.4 Å². The second-order valence-electron chi connectivity index (χ2n) is 4.24. The second kappa shape index (κ2) is 4.10. The smallest absolute Gasteiger partial charge is 0.222 e. The number of nitrogen functional groups attached to an aromatic ring is 1. The minimum absolute atomic E-state index is 0.251. The van der Waals surface area contributed by atoms with Crippen LogP contribution < -0.4 is 11.1 Å². The van der Waals surface area contributed by atoms with Crippen molar-refractivity contribution in [2.75, 3.05) is 17.6 Å². The average molecular weight is 294 g/mol. The van der Waals surface area contributed by atoms with Crippen LogP contribution in [0.4, 0.5) is 11.8 Å². The number of rotatable bonds is 2. The first-order valence-electron chi connectivity index (χ1n) is 5.52. The molecule has 1 aromatic rings. The Labute approximate surface area is 107 Å². The van der Waals surface area contributed by atoms with Crippen LogP contribution in [0.25, 0.3) is 0 Å². The van der Waals surface area contributed by atoms with Crippen LogP contribution >= 0.6 is 15.9 Å². The van der Waals surface area contributed by atoms with Crippen molar-refractivity contribution >= 4 is 33.5 Å². The van der Waals surface area contributed by atoms with E-state index < -0.39 is 0 Å². The van der Waals surface area contributed by atoms with Crippen molar-refractivity contribution in [3.63, 3.8) is 0 Å². The number of amidine groups is 1. The molecule has 6 heteroatoms. The predicted molar refractivity (Wildman–Crippen MR) is 70.9 cm³/mol.